The first-order valence-electron chi connectivity index (χ1n) is 8.00. The summed E-state index contributed by atoms with van der Waals surface area (Å²) in [7, 11) is 0. The predicted molar refractivity (Wildman–Crippen MR) is 92.6 cm³/mol. The molecule has 4 amide bonds. The third-order valence-corrected chi connectivity index (χ3v) is 5.06. The Labute approximate surface area is 157 Å². The van der Waals surface area contributed by atoms with Crippen LogP contribution in [0.3, 0.4) is 0 Å². The number of fused-ring (bicyclic) bond motifs is 1. The number of carbonyl (C=O) groups excluding carboxylic acids is 3. The number of rotatable bonds is 3. The Bertz CT molecular complexity index is 995. The van der Waals surface area contributed by atoms with Crippen LogP contribution in [0.2, 0.25) is 5.02 Å². The van der Waals surface area contributed by atoms with Gasteiger partial charge in [0.25, 0.3) is 11.8 Å². The van der Waals surface area contributed by atoms with Gasteiger partial charge < -0.3 is 15.3 Å². The molecular formula is C18H13ClFN3O4. The highest BCUT2D eigenvalue weighted by Gasteiger charge is 2.50. The number of imide groups is 1. The summed E-state index contributed by atoms with van der Waals surface area (Å²) in [5.74, 6) is -1.66. The van der Waals surface area contributed by atoms with E-state index in [0.29, 0.717) is 16.7 Å². The SMILES string of the molecule is O=C1NC(=O)[C@@](CN2Cc3cc(O)c(Cl)cc3C2=O)(c2ccc(F)cc2)N1. The van der Waals surface area contributed by atoms with Crippen molar-refractivity contribution in [3.05, 3.63) is 63.9 Å². The maximum Gasteiger partial charge on any atom is 0.322 e. The highest BCUT2D eigenvalue weighted by molar-refractivity contribution is 6.32. The molecule has 1 fully saturated rings. The lowest BCUT2D eigenvalue weighted by Crippen LogP contribution is -2.52. The van der Waals surface area contributed by atoms with Crippen molar-refractivity contribution in [2.24, 2.45) is 0 Å². The average Bonchev–Trinajstić information content (AvgIpc) is 3.06. The molecule has 0 unspecified atom stereocenters. The van der Waals surface area contributed by atoms with Crippen molar-refractivity contribution in [1.29, 1.82) is 0 Å². The molecule has 0 spiro atoms. The highest BCUT2D eigenvalue weighted by atomic mass is 35.5. The first-order valence-corrected chi connectivity index (χ1v) is 8.38. The molecule has 9 heteroatoms. The minimum atomic E-state index is -1.55. The van der Waals surface area contributed by atoms with E-state index in [1.807, 2.05) is 0 Å². The number of nitrogens with zero attached hydrogens (tertiary/aromatic N) is 1. The second kappa shape index (κ2) is 5.95. The Morgan fingerprint density at radius 1 is 1.19 bits per heavy atom. The monoisotopic (exact) mass is 389 g/mol. The van der Waals surface area contributed by atoms with Gasteiger partial charge in [-0.3, -0.25) is 14.9 Å². The van der Waals surface area contributed by atoms with Gasteiger partial charge in [0.15, 0.2) is 5.54 Å². The largest absolute Gasteiger partial charge is 0.506 e. The van der Waals surface area contributed by atoms with Gasteiger partial charge in [0.2, 0.25) is 0 Å². The molecule has 2 heterocycles. The van der Waals surface area contributed by atoms with Crippen molar-refractivity contribution >= 4 is 29.4 Å². The van der Waals surface area contributed by atoms with Gasteiger partial charge in [0, 0.05) is 12.1 Å². The Hall–Kier alpha value is -3.13. The second-order valence-electron chi connectivity index (χ2n) is 6.44. The number of hydrogen-bond donors (Lipinski definition) is 3. The number of halogens is 2. The summed E-state index contributed by atoms with van der Waals surface area (Å²) in [6, 6.07) is 7.18. The molecule has 4 rings (SSSR count). The lowest BCUT2D eigenvalue weighted by molar-refractivity contribution is -0.124. The predicted octanol–water partition coefficient (Wildman–Crippen LogP) is 1.88. The molecule has 2 aromatic carbocycles. The number of phenols is 1. The van der Waals surface area contributed by atoms with Gasteiger partial charge in [0.05, 0.1) is 11.6 Å². The zero-order valence-corrected chi connectivity index (χ0v) is 14.5. The summed E-state index contributed by atoms with van der Waals surface area (Å²) in [5, 5.41) is 14.5. The number of amides is 4. The molecule has 0 saturated carbocycles. The molecule has 1 saturated heterocycles. The van der Waals surface area contributed by atoms with Crippen LogP contribution in [0.5, 0.6) is 5.75 Å². The summed E-state index contributed by atoms with van der Waals surface area (Å²) in [5.41, 5.74) is -0.330. The van der Waals surface area contributed by atoms with E-state index in [-0.39, 0.29) is 29.8 Å². The van der Waals surface area contributed by atoms with Crippen molar-refractivity contribution in [3.8, 4) is 5.75 Å². The topological polar surface area (TPSA) is 98.7 Å². The summed E-state index contributed by atoms with van der Waals surface area (Å²) in [4.78, 5) is 38.5. The highest BCUT2D eigenvalue weighted by Crippen LogP contribution is 2.35. The van der Waals surface area contributed by atoms with Crippen LogP contribution in [-0.2, 0) is 16.9 Å². The van der Waals surface area contributed by atoms with Crippen molar-refractivity contribution < 1.29 is 23.9 Å². The van der Waals surface area contributed by atoms with Gasteiger partial charge in [-0.05, 0) is 35.4 Å². The second-order valence-corrected chi connectivity index (χ2v) is 6.85. The Morgan fingerprint density at radius 3 is 2.52 bits per heavy atom. The van der Waals surface area contributed by atoms with Gasteiger partial charge in [-0.15, -0.1) is 0 Å². The maximum absolute atomic E-state index is 13.3. The van der Waals surface area contributed by atoms with E-state index in [4.69, 9.17) is 11.6 Å². The molecule has 2 aliphatic rings. The van der Waals surface area contributed by atoms with E-state index >= 15 is 0 Å². The quantitative estimate of drug-likeness (QED) is 0.698. The van der Waals surface area contributed by atoms with Crippen LogP contribution >= 0.6 is 11.6 Å². The van der Waals surface area contributed by atoms with Crippen LogP contribution in [0.15, 0.2) is 36.4 Å². The van der Waals surface area contributed by atoms with Crippen LogP contribution in [0.25, 0.3) is 0 Å². The van der Waals surface area contributed by atoms with E-state index in [1.54, 1.807) is 0 Å². The molecule has 3 N–H and O–H groups in total. The van der Waals surface area contributed by atoms with Gasteiger partial charge in [-0.2, -0.15) is 0 Å². The molecule has 0 aromatic heterocycles. The van der Waals surface area contributed by atoms with Crippen LogP contribution < -0.4 is 10.6 Å². The summed E-state index contributed by atoms with van der Waals surface area (Å²) in [6.45, 7) is -0.0346. The molecule has 0 aliphatic carbocycles. The fourth-order valence-corrected chi connectivity index (χ4v) is 3.59. The minimum absolute atomic E-state index is 0.0455. The van der Waals surface area contributed by atoms with Gasteiger partial charge in [-0.25, -0.2) is 9.18 Å². The van der Waals surface area contributed by atoms with Crippen LogP contribution in [0.4, 0.5) is 9.18 Å². The molecule has 2 aliphatic heterocycles. The third-order valence-electron chi connectivity index (χ3n) is 4.76. The third kappa shape index (κ3) is 2.69. The van der Waals surface area contributed by atoms with Crippen molar-refractivity contribution in [1.82, 2.24) is 15.5 Å². The number of aromatic hydroxyl groups is 1. The summed E-state index contributed by atoms with van der Waals surface area (Å²) < 4.78 is 13.3. The first-order chi connectivity index (χ1) is 12.8. The number of nitrogens with one attached hydrogen (secondary N) is 2. The van der Waals surface area contributed by atoms with Crippen molar-refractivity contribution in [3.63, 3.8) is 0 Å². The average molecular weight is 390 g/mol. The number of urea groups is 1. The van der Waals surface area contributed by atoms with Crippen LogP contribution in [0, 0.1) is 5.82 Å². The molecule has 0 radical (unpaired) electrons. The fourth-order valence-electron chi connectivity index (χ4n) is 3.43. The Kier molecular flexibility index (Phi) is 3.81. The fraction of sp³-hybridized carbons (Fsp3) is 0.167. The van der Waals surface area contributed by atoms with Crippen molar-refractivity contribution in [2.45, 2.75) is 12.1 Å². The lowest BCUT2D eigenvalue weighted by Gasteiger charge is -2.31. The minimum Gasteiger partial charge on any atom is -0.506 e. The molecule has 0 bridgehead atoms. The summed E-state index contributed by atoms with van der Waals surface area (Å²) in [6.07, 6.45) is 0. The van der Waals surface area contributed by atoms with Crippen LogP contribution in [-0.4, -0.2) is 34.4 Å². The number of benzene rings is 2. The molecule has 138 valence electrons. The van der Waals surface area contributed by atoms with Crippen LogP contribution in [0.1, 0.15) is 21.5 Å². The molecule has 2 aromatic rings. The van der Waals surface area contributed by atoms with E-state index in [9.17, 15) is 23.9 Å². The zero-order valence-electron chi connectivity index (χ0n) is 13.8. The molecule has 1 atom stereocenters. The van der Waals surface area contributed by atoms with E-state index in [2.05, 4.69) is 10.6 Å². The zero-order chi connectivity index (χ0) is 19.3. The maximum atomic E-state index is 13.3. The molecule has 27 heavy (non-hydrogen) atoms. The standard InChI is InChI=1S/C18H13ClFN3O4/c19-13-6-12-9(5-14(13)24)7-23(15(12)25)8-18(16(26)21-17(27)22-18)10-1-3-11(20)4-2-10/h1-6,24H,7-8H2,(H2,21,22,26,27)/t18-/m1/s1. The van der Waals surface area contributed by atoms with E-state index < -0.39 is 23.3 Å². The van der Waals surface area contributed by atoms with Gasteiger partial charge in [-0.1, -0.05) is 23.7 Å². The van der Waals surface area contributed by atoms with Crippen molar-refractivity contribution in [2.75, 3.05) is 6.54 Å². The first kappa shape index (κ1) is 17.3. The lowest BCUT2D eigenvalue weighted by atomic mass is 9.89. The Morgan fingerprint density at radius 2 is 1.89 bits per heavy atom. The van der Waals surface area contributed by atoms with Gasteiger partial charge >= 0.3 is 6.03 Å². The molecule has 7 nitrogen and oxygen atoms in total. The number of phenolic OH excluding ortho intramolecular Hbond substituents is 1. The molecular weight excluding hydrogens is 377 g/mol. The Balaban J connectivity index is 1.72. The number of hydrogen-bond acceptors (Lipinski definition) is 4. The van der Waals surface area contributed by atoms with Gasteiger partial charge in [0.1, 0.15) is 11.6 Å². The number of carbonyl (C=O) groups is 3. The summed E-state index contributed by atoms with van der Waals surface area (Å²) >= 11 is 5.88. The van der Waals surface area contributed by atoms with E-state index in [1.165, 1.54) is 41.3 Å². The van der Waals surface area contributed by atoms with E-state index in [0.717, 1.165) is 0 Å². The smallest absolute Gasteiger partial charge is 0.322 e. The normalized spacial score (nSPS) is 21.3.